The second-order valence-electron chi connectivity index (χ2n) is 20.4. The number of piperidine rings is 1. The van der Waals surface area contributed by atoms with E-state index in [0.717, 1.165) is 90.0 Å². The van der Waals surface area contributed by atoms with Gasteiger partial charge < -0.3 is 10.2 Å². The number of hydrogen-bond acceptors (Lipinski definition) is 7. The van der Waals surface area contributed by atoms with Gasteiger partial charge in [0.05, 0.1) is 18.1 Å². The highest BCUT2D eigenvalue weighted by atomic mass is 16.2. The monoisotopic (exact) mass is 750 g/mol. The predicted molar refractivity (Wildman–Crippen MR) is 209 cm³/mol. The number of likely N-dealkylation sites (N-methyl/N-ethyl adjacent to an activating group) is 1. The van der Waals surface area contributed by atoms with E-state index in [1.54, 1.807) is 0 Å². The highest BCUT2D eigenvalue weighted by Gasteiger charge is 2.85. The topological polar surface area (TPSA) is 121 Å². The average molecular weight is 750 g/mol. The van der Waals surface area contributed by atoms with E-state index in [2.05, 4.69) is 24.1 Å². The van der Waals surface area contributed by atoms with E-state index in [1.807, 2.05) is 39.6 Å². The summed E-state index contributed by atoms with van der Waals surface area (Å²) in [7, 11) is 1.98. The third-order valence-electron chi connectivity index (χ3n) is 16.0. The average Bonchev–Trinajstić information content (AvgIpc) is 3.93. The second-order valence-corrected chi connectivity index (χ2v) is 20.4. The number of nitrogens with zero attached hydrogens (tertiary/aromatic N) is 2. The van der Waals surface area contributed by atoms with Crippen molar-refractivity contribution in [2.24, 2.45) is 45.3 Å². The molecule has 2 amide bonds. The van der Waals surface area contributed by atoms with Crippen LogP contribution >= 0.6 is 0 Å². The lowest BCUT2D eigenvalue weighted by Gasteiger charge is -2.38. The number of carbonyl (C=O) groups is 6. The molecule has 0 bridgehead atoms. The van der Waals surface area contributed by atoms with Crippen LogP contribution in [0.2, 0.25) is 0 Å². The van der Waals surface area contributed by atoms with Crippen LogP contribution in [0.25, 0.3) is 0 Å². The lowest BCUT2D eigenvalue weighted by Crippen LogP contribution is -2.55. The van der Waals surface area contributed by atoms with E-state index in [0.29, 0.717) is 31.7 Å². The highest BCUT2D eigenvalue weighted by Crippen LogP contribution is 2.88. The molecule has 9 nitrogen and oxygen atoms in total. The molecule has 302 valence electrons. The van der Waals surface area contributed by atoms with Gasteiger partial charge in [0.15, 0.2) is 17.3 Å². The van der Waals surface area contributed by atoms with Crippen molar-refractivity contribution in [2.75, 3.05) is 20.1 Å². The molecule has 6 fully saturated rings. The van der Waals surface area contributed by atoms with Gasteiger partial charge in [0.2, 0.25) is 17.6 Å². The molecule has 9 heteroatoms. The van der Waals surface area contributed by atoms with Crippen molar-refractivity contribution in [1.82, 2.24) is 15.1 Å². The summed E-state index contributed by atoms with van der Waals surface area (Å²) in [4.78, 5) is 88.5. The predicted octanol–water partition coefficient (Wildman–Crippen LogP) is 7.27. The molecule has 0 aromatic rings. The summed E-state index contributed by atoms with van der Waals surface area (Å²) in [5.74, 6) is -2.20. The maximum absolute atomic E-state index is 15.2. The molecule has 4 aliphatic carbocycles. The fraction of sp³-hybridized carbons (Fsp3) is 0.867. The standard InChI is InChI=1S/C45H71N3O6/c1-8-15-31(39(52)37(51)24-29-19-20-29)25-35(49)34-27-45(43(5,6)44(45)21-14-22-44)28-48(34)41(54)32(42(2,3)4)26-36(50)38(30-16-10-9-11-17-30)46-40(53)33-18-12-13-23-47(33)7/h29-34,38H,8-28H2,1-7H3,(H,46,53)/t31-,32-,33+,34+,38+,45-/m1/s1. The van der Waals surface area contributed by atoms with Gasteiger partial charge in [-0.15, -0.1) is 0 Å². The third kappa shape index (κ3) is 7.66. The fourth-order valence-electron chi connectivity index (χ4n) is 12.0. The Morgan fingerprint density at radius 2 is 1.48 bits per heavy atom. The van der Waals surface area contributed by atoms with Crippen molar-refractivity contribution in [3.05, 3.63) is 0 Å². The molecule has 54 heavy (non-hydrogen) atoms. The van der Waals surface area contributed by atoms with Crippen LogP contribution in [0.3, 0.4) is 0 Å². The van der Waals surface area contributed by atoms with Crippen molar-refractivity contribution in [3.8, 4) is 0 Å². The van der Waals surface area contributed by atoms with Crippen LogP contribution in [0.1, 0.15) is 164 Å². The Morgan fingerprint density at radius 3 is 2.04 bits per heavy atom. The Kier molecular flexibility index (Phi) is 12.1. The van der Waals surface area contributed by atoms with Gasteiger partial charge in [0, 0.05) is 43.1 Å². The third-order valence-corrected chi connectivity index (χ3v) is 16.0. The number of ketones is 4. The van der Waals surface area contributed by atoms with E-state index in [4.69, 9.17) is 0 Å². The number of rotatable bonds is 16. The first-order valence-corrected chi connectivity index (χ1v) is 21.9. The van der Waals surface area contributed by atoms with Crippen LogP contribution in [-0.2, 0) is 28.8 Å². The van der Waals surface area contributed by atoms with E-state index >= 15 is 4.79 Å². The Bertz CT molecular complexity index is 1470. The number of carbonyl (C=O) groups excluding carboxylic acids is 6. The highest BCUT2D eigenvalue weighted by molar-refractivity contribution is 6.38. The Hall–Kier alpha value is -2.42. The smallest absolute Gasteiger partial charge is 0.237 e. The van der Waals surface area contributed by atoms with Crippen LogP contribution in [0, 0.1) is 45.3 Å². The Balaban J connectivity index is 1.25. The summed E-state index contributed by atoms with van der Waals surface area (Å²) < 4.78 is 0. The molecule has 0 unspecified atom stereocenters. The molecule has 1 N–H and O–H groups in total. The normalized spacial score (nSPS) is 29.6. The SMILES string of the molecule is CCC[C@H](CC(=O)[C@@H]1C[C@@]2(CN1C(=O)[C@@H](CC(=O)[C@@H](NC(=O)[C@@H]1CCCCN1C)C1CCCCC1)C(C)(C)C)C(C)(C)C21CCC1)C(=O)C(=O)CC1CC1. The minimum atomic E-state index is -0.682. The van der Waals surface area contributed by atoms with E-state index < -0.39 is 35.1 Å². The van der Waals surface area contributed by atoms with E-state index in [1.165, 1.54) is 0 Å². The van der Waals surface area contributed by atoms with Gasteiger partial charge >= 0.3 is 0 Å². The molecular weight excluding hydrogens is 679 g/mol. The van der Waals surface area contributed by atoms with Crippen LogP contribution < -0.4 is 5.32 Å². The van der Waals surface area contributed by atoms with Gasteiger partial charge in [-0.25, -0.2) is 0 Å². The van der Waals surface area contributed by atoms with Crippen LogP contribution in [-0.4, -0.2) is 83.0 Å². The number of Topliss-reactive ketones (excluding diaryl/α,β-unsaturated/α-hetero) is 4. The van der Waals surface area contributed by atoms with Crippen LogP contribution in [0.5, 0.6) is 0 Å². The molecule has 6 atom stereocenters. The van der Waals surface area contributed by atoms with Crippen molar-refractivity contribution in [2.45, 2.75) is 182 Å². The molecule has 2 spiro atoms. The van der Waals surface area contributed by atoms with Gasteiger partial charge in [-0.2, -0.15) is 0 Å². The Labute approximate surface area is 325 Å². The maximum Gasteiger partial charge on any atom is 0.237 e. The minimum absolute atomic E-state index is 0.00977. The zero-order chi connectivity index (χ0) is 39.2. The second kappa shape index (κ2) is 15.8. The molecule has 6 aliphatic rings. The number of nitrogens with one attached hydrogen (secondary N) is 1. The number of likely N-dealkylation sites (tertiary alicyclic amines) is 2. The summed E-state index contributed by atoms with van der Waals surface area (Å²) in [5, 5.41) is 3.24. The van der Waals surface area contributed by atoms with Crippen LogP contribution in [0.15, 0.2) is 0 Å². The van der Waals surface area contributed by atoms with Crippen molar-refractivity contribution in [3.63, 3.8) is 0 Å². The lowest BCUT2D eigenvalue weighted by molar-refractivity contribution is -0.147. The molecule has 0 aromatic carbocycles. The first-order valence-electron chi connectivity index (χ1n) is 21.9. The number of fused-ring (bicyclic) bond motifs is 1. The summed E-state index contributed by atoms with van der Waals surface area (Å²) in [6.07, 6.45) is 15.1. The number of amides is 2. The fourth-order valence-corrected chi connectivity index (χ4v) is 12.0. The first kappa shape index (κ1) is 41.2. The van der Waals surface area contributed by atoms with Gasteiger partial charge in [-0.05, 0) is 106 Å². The molecule has 2 saturated heterocycles. The van der Waals surface area contributed by atoms with Crippen molar-refractivity contribution in [1.29, 1.82) is 0 Å². The lowest BCUT2D eigenvalue weighted by atomic mass is 9.73. The zero-order valence-corrected chi connectivity index (χ0v) is 34.7. The number of hydrogen-bond donors (Lipinski definition) is 1. The molecule has 4 saturated carbocycles. The molecule has 0 radical (unpaired) electrons. The summed E-state index contributed by atoms with van der Waals surface area (Å²) in [6.45, 7) is 13.9. The molecular formula is C45H71N3O6. The van der Waals surface area contributed by atoms with E-state index in [9.17, 15) is 24.0 Å². The largest absolute Gasteiger partial charge is 0.345 e. The molecule has 6 rings (SSSR count). The summed E-state index contributed by atoms with van der Waals surface area (Å²) >= 11 is 0. The zero-order valence-electron chi connectivity index (χ0n) is 34.7. The molecule has 2 heterocycles. The van der Waals surface area contributed by atoms with Crippen molar-refractivity contribution >= 4 is 34.9 Å². The quantitative estimate of drug-likeness (QED) is 0.165. The van der Waals surface area contributed by atoms with Gasteiger partial charge in [0.1, 0.15) is 0 Å². The minimum Gasteiger partial charge on any atom is -0.345 e. The van der Waals surface area contributed by atoms with Gasteiger partial charge in [-0.1, -0.05) is 80.1 Å². The van der Waals surface area contributed by atoms with Gasteiger partial charge in [0.25, 0.3) is 0 Å². The molecule has 2 aliphatic heterocycles. The van der Waals surface area contributed by atoms with Crippen molar-refractivity contribution < 1.29 is 28.8 Å². The Morgan fingerprint density at radius 1 is 0.815 bits per heavy atom. The van der Waals surface area contributed by atoms with E-state index in [-0.39, 0.29) is 76.6 Å². The first-order chi connectivity index (χ1) is 25.5. The summed E-state index contributed by atoms with van der Waals surface area (Å²) in [5.41, 5.74) is -0.691. The van der Waals surface area contributed by atoms with Crippen LogP contribution in [0.4, 0.5) is 0 Å². The molecule has 0 aromatic heterocycles. The summed E-state index contributed by atoms with van der Waals surface area (Å²) in [6, 6.07) is -1.57. The maximum atomic E-state index is 15.2. The van der Waals surface area contributed by atoms with Gasteiger partial charge in [-0.3, -0.25) is 33.7 Å².